The lowest BCUT2D eigenvalue weighted by Crippen LogP contribution is -2.48. The van der Waals surface area contributed by atoms with Crippen LogP contribution in [0.1, 0.15) is 41.7 Å². The van der Waals surface area contributed by atoms with E-state index in [1.54, 1.807) is 6.20 Å². The van der Waals surface area contributed by atoms with Gasteiger partial charge in [0.05, 0.1) is 35.3 Å². The van der Waals surface area contributed by atoms with Gasteiger partial charge in [0, 0.05) is 43.7 Å². The van der Waals surface area contributed by atoms with Crippen molar-refractivity contribution in [2.45, 2.75) is 32.7 Å². The molecule has 3 aromatic rings. The minimum atomic E-state index is -0.154. The molecule has 1 atom stereocenters. The van der Waals surface area contributed by atoms with E-state index in [1.807, 2.05) is 28.6 Å². The van der Waals surface area contributed by atoms with Crippen molar-refractivity contribution in [3.05, 3.63) is 39.8 Å². The third-order valence-corrected chi connectivity index (χ3v) is 6.59. The molecule has 0 bridgehead atoms. The van der Waals surface area contributed by atoms with Crippen molar-refractivity contribution in [3.63, 3.8) is 0 Å². The summed E-state index contributed by atoms with van der Waals surface area (Å²) in [6.07, 6.45) is 3.62. The number of benzene rings is 1. The smallest absolute Gasteiger partial charge is 0.259 e. The molecule has 4 heterocycles. The maximum atomic E-state index is 13.4. The fourth-order valence-electron chi connectivity index (χ4n) is 4.88. The highest BCUT2D eigenvalue weighted by atomic mass is 35.5. The van der Waals surface area contributed by atoms with Gasteiger partial charge >= 0.3 is 0 Å². The Balaban J connectivity index is 0.00000245. The minimum Gasteiger partial charge on any atom is -0.379 e. The van der Waals surface area contributed by atoms with Gasteiger partial charge in [0.2, 0.25) is 0 Å². The van der Waals surface area contributed by atoms with Crippen LogP contribution in [-0.2, 0) is 4.74 Å². The molecule has 8 nitrogen and oxygen atoms in total. The van der Waals surface area contributed by atoms with Crippen LogP contribution in [0.4, 0.5) is 0 Å². The number of aromatic nitrogens is 3. The van der Waals surface area contributed by atoms with Crippen LogP contribution >= 0.6 is 12.4 Å². The summed E-state index contributed by atoms with van der Waals surface area (Å²) in [6, 6.07) is 3.96. The summed E-state index contributed by atoms with van der Waals surface area (Å²) in [5.74, 6) is 0.0603. The van der Waals surface area contributed by atoms with Crippen molar-refractivity contribution >= 4 is 40.1 Å². The summed E-state index contributed by atoms with van der Waals surface area (Å²) < 4.78 is 7.46. The lowest BCUT2D eigenvalue weighted by molar-refractivity contribution is 0.0637. The van der Waals surface area contributed by atoms with Gasteiger partial charge in [0.1, 0.15) is 0 Å². The molecule has 0 aliphatic carbocycles. The van der Waals surface area contributed by atoms with Crippen LogP contribution in [0.3, 0.4) is 0 Å². The number of aromatic amines is 1. The van der Waals surface area contributed by atoms with Crippen molar-refractivity contribution in [3.8, 4) is 0 Å². The second-order valence-corrected chi connectivity index (χ2v) is 8.67. The van der Waals surface area contributed by atoms with E-state index >= 15 is 0 Å². The van der Waals surface area contributed by atoms with E-state index in [1.165, 1.54) is 0 Å². The molecule has 0 saturated carbocycles. The Morgan fingerprint density at radius 3 is 2.69 bits per heavy atom. The largest absolute Gasteiger partial charge is 0.379 e. The molecule has 2 fully saturated rings. The third kappa shape index (κ3) is 3.91. The number of rotatable bonds is 4. The zero-order valence-electron chi connectivity index (χ0n) is 18.6. The van der Waals surface area contributed by atoms with Crippen LogP contribution < -0.4 is 5.56 Å². The topological polar surface area (TPSA) is 83.5 Å². The highest BCUT2D eigenvalue weighted by molar-refractivity contribution is 6.07. The average Bonchev–Trinajstić information content (AvgIpc) is 3.44. The van der Waals surface area contributed by atoms with Crippen LogP contribution in [0, 0.1) is 6.92 Å². The lowest BCUT2D eigenvalue weighted by atomic mass is 10.0. The first-order valence-corrected chi connectivity index (χ1v) is 11.2. The second-order valence-electron chi connectivity index (χ2n) is 8.67. The van der Waals surface area contributed by atoms with Crippen LogP contribution in [0.25, 0.3) is 21.8 Å². The number of H-pyrrole nitrogens is 1. The van der Waals surface area contributed by atoms with Gasteiger partial charge in [-0.25, -0.2) is 0 Å². The van der Waals surface area contributed by atoms with Crippen molar-refractivity contribution in [2.75, 3.05) is 45.9 Å². The van der Waals surface area contributed by atoms with E-state index in [0.29, 0.717) is 24.2 Å². The van der Waals surface area contributed by atoms with Gasteiger partial charge in [-0.05, 0) is 44.0 Å². The number of carbonyl (C=O) groups excluding carboxylic acids is 1. The third-order valence-electron chi connectivity index (χ3n) is 6.59. The molecule has 1 aromatic carbocycles. The zero-order chi connectivity index (χ0) is 21.5. The monoisotopic (exact) mass is 459 g/mol. The molecule has 1 amide bonds. The number of halogens is 1. The first kappa shape index (κ1) is 22.8. The van der Waals surface area contributed by atoms with E-state index in [0.717, 1.165) is 67.5 Å². The number of hydrogen-bond acceptors (Lipinski definition) is 5. The van der Waals surface area contributed by atoms with Gasteiger partial charge in [-0.2, -0.15) is 5.10 Å². The number of pyridine rings is 1. The number of piperazine rings is 1. The van der Waals surface area contributed by atoms with Crippen LogP contribution in [0.2, 0.25) is 0 Å². The molecule has 9 heteroatoms. The molecule has 32 heavy (non-hydrogen) atoms. The van der Waals surface area contributed by atoms with Gasteiger partial charge in [-0.1, -0.05) is 6.92 Å². The molecule has 5 rings (SSSR count). The maximum Gasteiger partial charge on any atom is 0.259 e. The Kier molecular flexibility index (Phi) is 6.55. The van der Waals surface area contributed by atoms with Crippen LogP contribution in [0.15, 0.2) is 23.1 Å². The molecular formula is C23H30ClN5O3. The van der Waals surface area contributed by atoms with Gasteiger partial charge in [0.25, 0.3) is 11.5 Å². The van der Waals surface area contributed by atoms with Crippen molar-refractivity contribution in [1.82, 2.24) is 24.6 Å². The number of nitrogens with zero attached hydrogens (tertiary/aromatic N) is 4. The number of fused-ring (bicyclic) bond motifs is 3. The van der Waals surface area contributed by atoms with Gasteiger partial charge < -0.3 is 14.6 Å². The number of ether oxygens (including phenoxy) is 1. The van der Waals surface area contributed by atoms with Gasteiger partial charge in [-0.3, -0.25) is 19.2 Å². The summed E-state index contributed by atoms with van der Waals surface area (Å²) >= 11 is 0. The molecule has 0 radical (unpaired) electrons. The Morgan fingerprint density at radius 1 is 1.22 bits per heavy atom. The molecule has 2 saturated heterocycles. The maximum absolute atomic E-state index is 13.4. The fraction of sp³-hybridized carbons (Fsp3) is 0.522. The Labute approximate surface area is 192 Å². The predicted octanol–water partition coefficient (Wildman–Crippen LogP) is 2.74. The molecule has 2 aromatic heterocycles. The number of carbonyl (C=O) groups is 1. The zero-order valence-corrected chi connectivity index (χ0v) is 19.4. The molecule has 2 aliphatic rings. The fourth-order valence-corrected chi connectivity index (χ4v) is 4.88. The second kappa shape index (κ2) is 9.21. The first-order chi connectivity index (χ1) is 15.1. The standard InChI is InChI=1S/C23H29N5O3.ClH/c1-3-5-26-6-8-27(9-7-26)23(30)17-12-18-20(11-15(17)2)25-22(29)19-13-24-28(21(18)19)16-4-10-31-14-16;/h11-13,16H,3-10,14H2,1-2H3,(H,25,29);1H/t16-;/m0./s1. The highest BCUT2D eigenvalue weighted by Gasteiger charge is 2.26. The average molecular weight is 460 g/mol. The van der Waals surface area contributed by atoms with Crippen molar-refractivity contribution < 1.29 is 9.53 Å². The van der Waals surface area contributed by atoms with E-state index in [2.05, 4.69) is 21.9 Å². The molecule has 0 spiro atoms. The van der Waals surface area contributed by atoms with E-state index in [-0.39, 0.29) is 29.9 Å². The molecule has 1 N–H and O–H groups in total. The van der Waals surface area contributed by atoms with E-state index < -0.39 is 0 Å². The molecule has 0 unspecified atom stereocenters. The summed E-state index contributed by atoms with van der Waals surface area (Å²) in [7, 11) is 0. The van der Waals surface area contributed by atoms with Crippen molar-refractivity contribution in [1.29, 1.82) is 0 Å². The minimum absolute atomic E-state index is 0. The summed E-state index contributed by atoms with van der Waals surface area (Å²) in [5, 5.41) is 5.93. The summed E-state index contributed by atoms with van der Waals surface area (Å²) in [6.45, 7) is 9.80. The van der Waals surface area contributed by atoms with Crippen LogP contribution in [-0.4, -0.2) is 76.4 Å². The molecule has 172 valence electrons. The number of aryl methyl sites for hydroxylation is 1. The quantitative estimate of drug-likeness (QED) is 0.648. The van der Waals surface area contributed by atoms with E-state index in [9.17, 15) is 9.59 Å². The van der Waals surface area contributed by atoms with Gasteiger partial charge in [-0.15, -0.1) is 12.4 Å². The Morgan fingerprint density at radius 2 is 2.00 bits per heavy atom. The summed E-state index contributed by atoms with van der Waals surface area (Å²) in [4.78, 5) is 33.4. The Hall–Kier alpha value is -2.42. The van der Waals surface area contributed by atoms with Crippen molar-refractivity contribution in [2.24, 2.45) is 0 Å². The number of nitrogens with one attached hydrogen (secondary N) is 1. The highest BCUT2D eigenvalue weighted by Crippen LogP contribution is 2.29. The van der Waals surface area contributed by atoms with Gasteiger partial charge in [0.15, 0.2) is 0 Å². The Bertz CT molecular complexity index is 1190. The van der Waals surface area contributed by atoms with E-state index in [4.69, 9.17) is 4.74 Å². The predicted molar refractivity (Wildman–Crippen MR) is 127 cm³/mol. The summed E-state index contributed by atoms with van der Waals surface area (Å²) in [5.41, 5.74) is 2.94. The number of hydrogen-bond donors (Lipinski definition) is 1. The SMILES string of the molecule is CCCN1CCN(C(=O)c2cc3c(cc2C)[nH]c(=O)c2cnn([C@H]4CCOC4)c23)CC1.Cl. The molecular weight excluding hydrogens is 430 g/mol. The number of amides is 1. The molecule has 2 aliphatic heterocycles. The van der Waals surface area contributed by atoms with Crippen LogP contribution in [0.5, 0.6) is 0 Å². The normalized spacial score (nSPS) is 19.6. The lowest BCUT2D eigenvalue weighted by Gasteiger charge is -2.34. The first-order valence-electron chi connectivity index (χ1n) is 11.2.